The molecule has 2 aromatic rings. The van der Waals surface area contributed by atoms with Crippen LogP contribution in [-0.2, 0) is 6.54 Å². The lowest BCUT2D eigenvalue weighted by atomic mass is 10.2. The van der Waals surface area contributed by atoms with Crippen molar-refractivity contribution in [3.8, 4) is 0 Å². The van der Waals surface area contributed by atoms with E-state index in [2.05, 4.69) is 36.8 Å². The van der Waals surface area contributed by atoms with Crippen LogP contribution in [0.15, 0.2) is 44.3 Å². The highest BCUT2D eigenvalue weighted by Gasteiger charge is 2.06. The number of anilines is 1. The van der Waals surface area contributed by atoms with Gasteiger partial charge in [0.25, 0.3) is 5.56 Å². The predicted octanol–water partition coefficient (Wildman–Crippen LogP) is 2.40. The van der Waals surface area contributed by atoms with Crippen molar-refractivity contribution in [2.45, 2.75) is 6.54 Å². The number of pyridine rings is 2. The van der Waals surface area contributed by atoms with E-state index in [1.807, 2.05) is 6.07 Å². The molecule has 0 aliphatic carbocycles. The third-order valence-electron chi connectivity index (χ3n) is 2.28. The van der Waals surface area contributed by atoms with Gasteiger partial charge in [-0.25, -0.2) is 4.98 Å². The third-order valence-corrected chi connectivity index (χ3v) is 3.28. The zero-order valence-corrected chi connectivity index (χ0v) is 11.9. The maximum Gasteiger partial charge on any atom is 0.265 e. The van der Waals surface area contributed by atoms with Gasteiger partial charge in [-0.05, 0) is 44.0 Å². The van der Waals surface area contributed by atoms with Crippen LogP contribution in [0.3, 0.4) is 0 Å². The quantitative estimate of drug-likeness (QED) is 0.896. The highest BCUT2D eigenvalue weighted by Crippen LogP contribution is 2.15. The lowest BCUT2D eigenvalue weighted by Gasteiger charge is -2.08. The molecule has 6 heteroatoms. The fraction of sp³-hybridized carbons (Fsp3) is 0.0909. The Kier molecular flexibility index (Phi) is 3.63. The number of halogens is 2. The average Bonchev–Trinajstić information content (AvgIpc) is 2.28. The Morgan fingerprint density at radius 3 is 2.88 bits per heavy atom. The number of rotatable bonds is 2. The zero-order chi connectivity index (χ0) is 12.4. The van der Waals surface area contributed by atoms with E-state index < -0.39 is 0 Å². The molecule has 0 amide bonds. The Bertz CT molecular complexity index is 610. The van der Waals surface area contributed by atoms with E-state index in [0.29, 0.717) is 16.8 Å². The van der Waals surface area contributed by atoms with Crippen molar-refractivity contribution in [2.24, 2.45) is 0 Å². The van der Waals surface area contributed by atoms with Crippen LogP contribution in [-0.4, -0.2) is 9.55 Å². The zero-order valence-electron chi connectivity index (χ0n) is 8.73. The van der Waals surface area contributed by atoms with Gasteiger partial charge in [0.1, 0.15) is 5.82 Å². The summed E-state index contributed by atoms with van der Waals surface area (Å²) in [6.45, 7) is 0.399. The normalized spacial score (nSPS) is 10.5. The number of nitrogen functional groups attached to an aromatic ring is 1. The first-order valence-corrected chi connectivity index (χ1v) is 6.41. The molecular formula is C11H9Br2N3O. The van der Waals surface area contributed by atoms with E-state index in [1.165, 1.54) is 0 Å². The monoisotopic (exact) mass is 357 g/mol. The molecule has 0 saturated carbocycles. The van der Waals surface area contributed by atoms with Crippen molar-refractivity contribution >= 4 is 37.7 Å². The largest absolute Gasteiger partial charge is 0.383 e. The second-order valence-electron chi connectivity index (χ2n) is 3.49. The van der Waals surface area contributed by atoms with Gasteiger partial charge in [-0.15, -0.1) is 0 Å². The lowest BCUT2D eigenvalue weighted by molar-refractivity contribution is 0.751. The second kappa shape index (κ2) is 5.01. The van der Waals surface area contributed by atoms with Gasteiger partial charge in [-0.2, -0.15) is 0 Å². The molecule has 0 aliphatic heterocycles. The lowest BCUT2D eigenvalue weighted by Crippen LogP contribution is -2.21. The Hall–Kier alpha value is -1.14. The van der Waals surface area contributed by atoms with Crippen molar-refractivity contribution in [3.05, 3.63) is 55.5 Å². The topological polar surface area (TPSA) is 60.9 Å². The second-order valence-corrected chi connectivity index (χ2v) is 5.26. The van der Waals surface area contributed by atoms with Gasteiger partial charge in [-0.1, -0.05) is 6.07 Å². The summed E-state index contributed by atoms with van der Waals surface area (Å²) in [5.41, 5.74) is 6.46. The average molecular weight is 359 g/mol. The Morgan fingerprint density at radius 1 is 1.41 bits per heavy atom. The van der Waals surface area contributed by atoms with Crippen LogP contribution in [0.2, 0.25) is 0 Å². The number of aromatic nitrogens is 2. The van der Waals surface area contributed by atoms with Gasteiger partial charge >= 0.3 is 0 Å². The van der Waals surface area contributed by atoms with Crippen LogP contribution in [0.25, 0.3) is 0 Å². The summed E-state index contributed by atoms with van der Waals surface area (Å²) in [7, 11) is 0. The summed E-state index contributed by atoms with van der Waals surface area (Å²) >= 11 is 6.56. The van der Waals surface area contributed by atoms with Crippen molar-refractivity contribution in [3.63, 3.8) is 0 Å². The molecule has 2 N–H and O–H groups in total. The minimum atomic E-state index is -0.101. The number of nitrogens with zero attached hydrogens (tertiary/aromatic N) is 2. The Balaban J connectivity index is 2.44. The molecule has 2 rings (SSSR count). The predicted molar refractivity (Wildman–Crippen MR) is 73.9 cm³/mol. The van der Waals surface area contributed by atoms with Crippen molar-refractivity contribution < 1.29 is 0 Å². The van der Waals surface area contributed by atoms with Crippen LogP contribution in [0.5, 0.6) is 0 Å². The van der Waals surface area contributed by atoms with Crippen LogP contribution in [0, 0.1) is 0 Å². The fourth-order valence-electron chi connectivity index (χ4n) is 1.45. The summed E-state index contributed by atoms with van der Waals surface area (Å²) in [6.07, 6.45) is 3.35. The minimum Gasteiger partial charge on any atom is -0.383 e. The van der Waals surface area contributed by atoms with E-state index in [4.69, 9.17) is 5.73 Å². The van der Waals surface area contributed by atoms with Crippen LogP contribution >= 0.6 is 31.9 Å². The molecule has 0 aliphatic rings. The van der Waals surface area contributed by atoms with Crippen molar-refractivity contribution in [1.82, 2.24) is 9.55 Å². The first kappa shape index (κ1) is 12.3. The molecule has 2 aromatic heterocycles. The van der Waals surface area contributed by atoms with Gasteiger partial charge in [0, 0.05) is 22.4 Å². The number of hydrogen-bond donors (Lipinski definition) is 1. The highest BCUT2D eigenvalue weighted by atomic mass is 79.9. The third kappa shape index (κ3) is 2.76. The van der Waals surface area contributed by atoms with Gasteiger partial charge < -0.3 is 10.3 Å². The maximum atomic E-state index is 11.9. The standard InChI is InChI=1S/C11H9Br2N3O/c12-8-4-9(13)11(17)16(6-8)5-7-2-1-3-15-10(7)14/h1-4,6H,5H2,(H2,14,15). The van der Waals surface area contributed by atoms with E-state index >= 15 is 0 Å². The molecule has 17 heavy (non-hydrogen) atoms. The van der Waals surface area contributed by atoms with Crippen LogP contribution < -0.4 is 11.3 Å². The Morgan fingerprint density at radius 2 is 2.18 bits per heavy atom. The molecule has 0 bridgehead atoms. The molecule has 0 saturated heterocycles. The summed E-state index contributed by atoms with van der Waals surface area (Å²) in [6, 6.07) is 5.36. The maximum absolute atomic E-state index is 11.9. The molecule has 0 spiro atoms. The summed E-state index contributed by atoms with van der Waals surface area (Å²) < 4.78 is 2.91. The van der Waals surface area contributed by atoms with Gasteiger partial charge in [0.2, 0.25) is 0 Å². The number of hydrogen-bond acceptors (Lipinski definition) is 3. The fourth-order valence-corrected chi connectivity index (χ4v) is 2.71. The van der Waals surface area contributed by atoms with Crippen LogP contribution in [0.4, 0.5) is 5.82 Å². The highest BCUT2D eigenvalue weighted by molar-refractivity contribution is 9.11. The van der Waals surface area contributed by atoms with E-state index in [9.17, 15) is 4.79 Å². The molecule has 0 radical (unpaired) electrons. The van der Waals surface area contributed by atoms with Crippen molar-refractivity contribution in [2.75, 3.05) is 5.73 Å². The molecular weight excluding hydrogens is 350 g/mol. The molecule has 2 heterocycles. The molecule has 0 fully saturated rings. The SMILES string of the molecule is Nc1ncccc1Cn1cc(Br)cc(Br)c1=O. The summed E-state index contributed by atoms with van der Waals surface area (Å²) in [4.78, 5) is 15.9. The molecule has 4 nitrogen and oxygen atoms in total. The van der Waals surface area contributed by atoms with E-state index in [0.717, 1.165) is 10.0 Å². The van der Waals surface area contributed by atoms with E-state index in [-0.39, 0.29) is 5.56 Å². The van der Waals surface area contributed by atoms with Crippen LogP contribution in [0.1, 0.15) is 5.56 Å². The summed E-state index contributed by atoms with van der Waals surface area (Å²) in [5.74, 6) is 0.440. The van der Waals surface area contributed by atoms with E-state index in [1.54, 1.807) is 29.1 Å². The first-order valence-electron chi connectivity index (χ1n) is 4.83. The molecule has 0 atom stereocenters. The smallest absolute Gasteiger partial charge is 0.265 e. The molecule has 0 aromatic carbocycles. The molecule has 0 unspecified atom stereocenters. The Labute approximate surface area is 115 Å². The van der Waals surface area contributed by atoms with Gasteiger partial charge in [0.15, 0.2) is 0 Å². The summed E-state index contributed by atoms with van der Waals surface area (Å²) in [5, 5.41) is 0. The van der Waals surface area contributed by atoms with Gasteiger partial charge in [-0.3, -0.25) is 4.79 Å². The minimum absolute atomic E-state index is 0.101. The molecule has 88 valence electrons. The van der Waals surface area contributed by atoms with Crippen molar-refractivity contribution in [1.29, 1.82) is 0 Å². The number of nitrogens with two attached hydrogens (primary N) is 1. The first-order chi connectivity index (χ1) is 8.08. The van der Waals surface area contributed by atoms with Gasteiger partial charge in [0.05, 0.1) is 11.0 Å².